The Kier molecular flexibility index (Phi) is 3.92. The second-order valence-electron chi connectivity index (χ2n) is 5.25. The summed E-state index contributed by atoms with van der Waals surface area (Å²) >= 11 is 3.40. The van der Waals surface area contributed by atoms with Crippen molar-refractivity contribution >= 4 is 21.6 Å². The molecule has 0 aromatic heterocycles. The molecule has 0 aliphatic carbocycles. The van der Waals surface area contributed by atoms with Crippen LogP contribution in [-0.2, 0) is 0 Å². The van der Waals surface area contributed by atoms with Crippen molar-refractivity contribution in [1.82, 2.24) is 0 Å². The zero-order valence-corrected chi connectivity index (χ0v) is 12.9. The fourth-order valence-corrected chi connectivity index (χ4v) is 3.15. The summed E-state index contributed by atoms with van der Waals surface area (Å²) in [5, 5.41) is 11.4. The number of hydrogen-bond acceptors (Lipinski definition) is 3. The van der Waals surface area contributed by atoms with Crippen molar-refractivity contribution in [2.75, 3.05) is 18.0 Å². The number of halogens is 1. The minimum absolute atomic E-state index is 0.0756. The molecule has 2 atom stereocenters. The number of nitrogens with zero attached hydrogens (tertiary/aromatic N) is 2. The third-order valence-corrected chi connectivity index (χ3v) is 4.51. The SMILES string of the molecule is O=[N+]([O-])[C@H]1CN(c2ccccc2)C[C@@H]1c1ccc(Br)cc1. The number of rotatable bonds is 3. The van der Waals surface area contributed by atoms with E-state index in [0.29, 0.717) is 13.1 Å². The topological polar surface area (TPSA) is 46.4 Å². The van der Waals surface area contributed by atoms with Crippen LogP contribution in [0, 0.1) is 10.1 Å². The maximum absolute atomic E-state index is 11.4. The smallest absolute Gasteiger partial charge is 0.238 e. The first-order chi connectivity index (χ1) is 10.1. The molecular weight excluding hydrogens is 332 g/mol. The van der Waals surface area contributed by atoms with Gasteiger partial charge >= 0.3 is 0 Å². The molecule has 4 nitrogen and oxygen atoms in total. The molecule has 0 spiro atoms. The molecule has 5 heteroatoms. The van der Waals surface area contributed by atoms with Crippen LogP contribution < -0.4 is 4.90 Å². The number of benzene rings is 2. The molecule has 2 aromatic rings. The summed E-state index contributed by atoms with van der Waals surface area (Å²) in [4.78, 5) is 13.4. The van der Waals surface area contributed by atoms with Gasteiger partial charge in [-0.05, 0) is 29.8 Å². The summed E-state index contributed by atoms with van der Waals surface area (Å²) in [7, 11) is 0. The van der Waals surface area contributed by atoms with E-state index in [-0.39, 0.29) is 10.8 Å². The molecule has 2 aromatic carbocycles. The van der Waals surface area contributed by atoms with Gasteiger partial charge in [-0.3, -0.25) is 10.1 Å². The van der Waals surface area contributed by atoms with Crippen LogP contribution in [0.4, 0.5) is 5.69 Å². The molecule has 0 N–H and O–H groups in total. The molecule has 1 fully saturated rings. The Balaban J connectivity index is 1.88. The van der Waals surface area contributed by atoms with E-state index in [9.17, 15) is 10.1 Å². The zero-order chi connectivity index (χ0) is 14.8. The van der Waals surface area contributed by atoms with Crippen LogP contribution in [0.25, 0.3) is 0 Å². The number of nitro groups is 1. The van der Waals surface area contributed by atoms with Gasteiger partial charge in [0, 0.05) is 21.6 Å². The highest BCUT2D eigenvalue weighted by atomic mass is 79.9. The van der Waals surface area contributed by atoms with Gasteiger partial charge in [-0.15, -0.1) is 0 Å². The fraction of sp³-hybridized carbons (Fsp3) is 0.250. The summed E-state index contributed by atoms with van der Waals surface area (Å²) in [6, 6.07) is 17.1. The van der Waals surface area contributed by atoms with Gasteiger partial charge in [0.05, 0.1) is 12.5 Å². The van der Waals surface area contributed by atoms with Crippen molar-refractivity contribution < 1.29 is 4.92 Å². The van der Waals surface area contributed by atoms with Gasteiger partial charge in [0.25, 0.3) is 0 Å². The summed E-state index contributed by atoms with van der Waals surface area (Å²) in [5.74, 6) is -0.0756. The lowest BCUT2D eigenvalue weighted by atomic mass is 9.95. The van der Waals surface area contributed by atoms with E-state index in [2.05, 4.69) is 20.8 Å². The first-order valence-electron chi connectivity index (χ1n) is 6.84. The van der Waals surface area contributed by atoms with Crippen molar-refractivity contribution in [2.45, 2.75) is 12.0 Å². The first-order valence-corrected chi connectivity index (χ1v) is 7.63. The van der Waals surface area contributed by atoms with Gasteiger partial charge in [-0.25, -0.2) is 0 Å². The summed E-state index contributed by atoms with van der Waals surface area (Å²) < 4.78 is 0.988. The van der Waals surface area contributed by atoms with Crippen LogP contribution in [0.2, 0.25) is 0 Å². The zero-order valence-electron chi connectivity index (χ0n) is 11.4. The molecule has 1 heterocycles. The van der Waals surface area contributed by atoms with E-state index < -0.39 is 6.04 Å². The predicted molar refractivity (Wildman–Crippen MR) is 86.3 cm³/mol. The molecule has 0 amide bonds. The van der Waals surface area contributed by atoms with E-state index in [0.717, 1.165) is 15.7 Å². The number of para-hydroxylation sites is 1. The Morgan fingerprint density at radius 1 is 1.05 bits per heavy atom. The highest BCUT2D eigenvalue weighted by Crippen LogP contribution is 2.33. The number of hydrogen-bond donors (Lipinski definition) is 0. The lowest BCUT2D eigenvalue weighted by molar-refractivity contribution is -0.519. The number of anilines is 1. The molecule has 21 heavy (non-hydrogen) atoms. The minimum Gasteiger partial charge on any atom is -0.364 e. The van der Waals surface area contributed by atoms with Crippen molar-refractivity contribution in [1.29, 1.82) is 0 Å². The molecule has 0 bridgehead atoms. The second kappa shape index (κ2) is 5.85. The molecule has 1 aliphatic rings. The summed E-state index contributed by atoms with van der Waals surface area (Å²) in [5.41, 5.74) is 2.07. The Labute approximate surface area is 131 Å². The Morgan fingerprint density at radius 3 is 2.33 bits per heavy atom. The van der Waals surface area contributed by atoms with Crippen LogP contribution in [0.15, 0.2) is 59.1 Å². The molecular formula is C16H15BrN2O2. The molecule has 1 saturated heterocycles. The quantitative estimate of drug-likeness (QED) is 0.628. The Hall–Kier alpha value is -1.88. The van der Waals surface area contributed by atoms with Crippen LogP contribution >= 0.6 is 15.9 Å². The molecule has 0 radical (unpaired) electrons. The van der Waals surface area contributed by atoms with Crippen LogP contribution in [-0.4, -0.2) is 24.1 Å². The lowest BCUT2D eigenvalue weighted by Crippen LogP contribution is -2.28. The van der Waals surface area contributed by atoms with Crippen LogP contribution in [0.3, 0.4) is 0 Å². The van der Waals surface area contributed by atoms with Crippen molar-refractivity contribution in [3.63, 3.8) is 0 Å². The summed E-state index contributed by atoms with van der Waals surface area (Å²) in [6.07, 6.45) is 0. The lowest BCUT2D eigenvalue weighted by Gasteiger charge is -2.17. The normalized spacial score (nSPS) is 21.5. The monoisotopic (exact) mass is 346 g/mol. The highest BCUT2D eigenvalue weighted by molar-refractivity contribution is 9.10. The van der Waals surface area contributed by atoms with Gasteiger partial charge in [0.2, 0.25) is 6.04 Å². The van der Waals surface area contributed by atoms with Gasteiger partial charge in [0.15, 0.2) is 0 Å². The minimum atomic E-state index is -0.564. The van der Waals surface area contributed by atoms with E-state index in [1.54, 1.807) is 0 Å². The Bertz CT molecular complexity index is 630. The third kappa shape index (κ3) is 2.93. The largest absolute Gasteiger partial charge is 0.364 e. The van der Waals surface area contributed by atoms with Crippen molar-refractivity contribution in [2.24, 2.45) is 0 Å². The van der Waals surface area contributed by atoms with E-state index in [1.165, 1.54) is 0 Å². The molecule has 108 valence electrons. The maximum Gasteiger partial charge on any atom is 0.238 e. The molecule has 0 saturated carbocycles. The summed E-state index contributed by atoms with van der Waals surface area (Å²) in [6.45, 7) is 1.13. The molecule has 3 rings (SSSR count). The highest BCUT2D eigenvalue weighted by Gasteiger charge is 2.41. The van der Waals surface area contributed by atoms with Crippen LogP contribution in [0.5, 0.6) is 0 Å². The van der Waals surface area contributed by atoms with E-state index in [1.807, 2.05) is 54.6 Å². The third-order valence-electron chi connectivity index (χ3n) is 3.98. The average molecular weight is 347 g/mol. The second-order valence-corrected chi connectivity index (χ2v) is 6.17. The Morgan fingerprint density at radius 2 is 1.71 bits per heavy atom. The van der Waals surface area contributed by atoms with Crippen molar-refractivity contribution in [3.8, 4) is 0 Å². The van der Waals surface area contributed by atoms with E-state index in [4.69, 9.17) is 0 Å². The van der Waals surface area contributed by atoms with Gasteiger partial charge in [-0.2, -0.15) is 0 Å². The standard InChI is InChI=1S/C16H15BrN2O2/c17-13-8-6-12(7-9-13)15-10-18(11-16(15)19(20)21)14-4-2-1-3-5-14/h1-9,15-16H,10-11H2/t15-,16+/m1/s1. The van der Waals surface area contributed by atoms with Gasteiger partial charge < -0.3 is 4.90 Å². The van der Waals surface area contributed by atoms with Gasteiger partial charge in [0.1, 0.15) is 0 Å². The molecule has 1 aliphatic heterocycles. The molecule has 0 unspecified atom stereocenters. The predicted octanol–water partition coefficient (Wildman–Crippen LogP) is 3.70. The first kappa shape index (κ1) is 14.1. The average Bonchev–Trinajstić information content (AvgIpc) is 2.94. The fourth-order valence-electron chi connectivity index (χ4n) is 2.89. The van der Waals surface area contributed by atoms with Crippen molar-refractivity contribution in [3.05, 3.63) is 74.7 Å². The van der Waals surface area contributed by atoms with Gasteiger partial charge in [-0.1, -0.05) is 46.3 Å². The maximum atomic E-state index is 11.4. The van der Waals surface area contributed by atoms with E-state index >= 15 is 0 Å². The van der Waals surface area contributed by atoms with Crippen LogP contribution in [0.1, 0.15) is 11.5 Å².